The van der Waals surface area contributed by atoms with E-state index in [2.05, 4.69) is 79.9 Å². The van der Waals surface area contributed by atoms with Crippen molar-refractivity contribution < 1.29 is 9.90 Å². The smallest absolute Gasteiger partial charge is 0.221 e. The summed E-state index contributed by atoms with van der Waals surface area (Å²) in [6.45, 7) is 7.65. The lowest BCUT2D eigenvalue weighted by Gasteiger charge is -2.26. The summed E-state index contributed by atoms with van der Waals surface area (Å²) in [6.07, 6.45) is 0.108. The Labute approximate surface area is 239 Å². The third-order valence-electron chi connectivity index (χ3n) is 7.38. The van der Waals surface area contributed by atoms with Crippen LogP contribution in [0.4, 0.5) is 0 Å². The van der Waals surface area contributed by atoms with Gasteiger partial charge in [-0.25, -0.2) is 0 Å². The maximum Gasteiger partial charge on any atom is 0.221 e. The minimum absolute atomic E-state index is 0.0647. The largest absolute Gasteiger partial charge is 0.390 e. The molecule has 0 saturated heterocycles. The number of rotatable bonds is 12. The highest BCUT2D eigenvalue weighted by atomic mass is 16.3. The normalized spacial score (nSPS) is 13.1. The lowest BCUT2D eigenvalue weighted by molar-refractivity contribution is -0.122. The number of carbonyl (C=O) groups excluding carboxylic acids is 1. The van der Waals surface area contributed by atoms with E-state index < -0.39 is 12.1 Å². The van der Waals surface area contributed by atoms with E-state index in [1.807, 2.05) is 66.7 Å². The van der Waals surface area contributed by atoms with E-state index >= 15 is 0 Å². The summed E-state index contributed by atoms with van der Waals surface area (Å²) in [5.41, 5.74) is 5.82. The first-order chi connectivity index (χ1) is 19.3. The maximum atomic E-state index is 13.5. The predicted molar refractivity (Wildman–Crippen MR) is 164 cm³/mol. The predicted octanol–water partition coefficient (Wildman–Crippen LogP) is 6.38. The highest BCUT2D eigenvalue weighted by Gasteiger charge is 2.25. The second-order valence-electron chi connectivity index (χ2n) is 11.6. The van der Waals surface area contributed by atoms with Gasteiger partial charge in [0.05, 0.1) is 12.1 Å². The molecule has 4 heteroatoms. The Bertz CT molecular complexity index is 1280. The number of amides is 1. The quantitative estimate of drug-likeness (QED) is 0.198. The van der Waals surface area contributed by atoms with Gasteiger partial charge in [0.25, 0.3) is 0 Å². The lowest BCUT2D eigenvalue weighted by Crippen LogP contribution is -2.49. The Morgan fingerprint density at radius 1 is 0.750 bits per heavy atom. The zero-order valence-electron chi connectivity index (χ0n) is 23.9. The Morgan fingerprint density at radius 3 is 1.88 bits per heavy atom. The third kappa shape index (κ3) is 8.64. The fourth-order valence-electron chi connectivity index (χ4n) is 5.06. The molecule has 4 aromatic carbocycles. The topological polar surface area (TPSA) is 61.4 Å². The molecule has 40 heavy (non-hydrogen) atoms. The number of hydrogen-bond donors (Lipinski definition) is 3. The van der Waals surface area contributed by atoms with Gasteiger partial charge in [0.1, 0.15) is 0 Å². The van der Waals surface area contributed by atoms with E-state index in [4.69, 9.17) is 0 Å². The molecule has 0 aliphatic carbocycles. The number of carbonyl (C=O) groups is 1. The van der Waals surface area contributed by atoms with E-state index in [-0.39, 0.29) is 17.2 Å². The monoisotopic (exact) mass is 534 g/mol. The van der Waals surface area contributed by atoms with Crippen LogP contribution >= 0.6 is 0 Å². The molecule has 4 aromatic rings. The van der Waals surface area contributed by atoms with Crippen molar-refractivity contribution in [2.45, 2.75) is 63.6 Å². The van der Waals surface area contributed by atoms with Crippen LogP contribution in [0.15, 0.2) is 115 Å². The first-order valence-corrected chi connectivity index (χ1v) is 14.2. The van der Waals surface area contributed by atoms with Crippen molar-refractivity contribution in [3.05, 3.63) is 143 Å². The second-order valence-corrected chi connectivity index (χ2v) is 11.6. The molecule has 0 spiro atoms. The molecule has 4 nitrogen and oxygen atoms in total. The minimum Gasteiger partial charge on any atom is -0.390 e. The first kappa shape index (κ1) is 29.3. The van der Waals surface area contributed by atoms with Crippen LogP contribution in [-0.2, 0) is 23.2 Å². The molecular formula is C36H42N2O2. The van der Waals surface area contributed by atoms with Gasteiger partial charge < -0.3 is 15.7 Å². The average Bonchev–Trinajstić information content (AvgIpc) is 2.97. The van der Waals surface area contributed by atoms with Gasteiger partial charge in [0.2, 0.25) is 5.91 Å². The molecular weight excluding hydrogens is 492 g/mol. The van der Waals surface area contributed by atoms with Crippen LogP contribution in [0, 0.1) is 0 Å². The van der Waals surface area contributed by atoms with Gasteiger partial charge in [0.15, 0.2) is 0 Å². The number of nitrogens with one attached hydrogen (secondary N) is 2. The van der Waals surface area contributed by atoms with E-state index in [0.717, 1.165) is 16.7 Å². The van der Waals surface area contributed by atoms with E-state index in [0.29, 0.717) is 25.9 Å². The second kappa shape index (κ2) is 14.1. The van der Waals surface area contributed by atoms with Crippen molar-refractivity contribution in [2.75, 3.05) is 6.54 Å². The van der Waals surface area contributed by atoms with Crippen LogP contribution in [0.3, 0.4) is 0 Å². The molecule has 208 valence electrons. The number of hydrogen-bond acceptors (Lipinski definition) is 3. The lowest BCUT2D eigenvalue weighted by atomic mass is 9.86. The molecule has 0 aliphatic heterocycles. The van der Waals surface area contributed by atoms with Crippen molar-refractivity contribution in [2.24, 2.45) is 0 Å². The SMILES string of the molecule is CC(C)(C)c1cccc(CNC[C@@H](O)[C@H](Cc2ccccc2)NC(=O)CC(c2ccccc2)c2ccccc2)c1. The fraction of sp³-hybridized carbons (Fsp3) is 0.306. The van der Waals surface area contributed by atoms with Gasteiger partial charge in [-0.05, 0) is 39.7 Å². The summed E-state index contributed by atoms with van der Waals surface area (Å²) in [6, 6.07) is 38.5. The standard InChI is InChI=1S/C36H42N2O2/c1-36(2,3)31-21-13-16-28(22-31)25-37-26-34(39)33(23-27-14-7-4-8-15-27)38-35(40)24-32(29-17-9-5-10-18-29)30-19-11-6-12-20-30/h4-22,32-34,37,39H,23-26H2,1-3H3,(H,38,40)/t33-,34+/m0/s1. The molecule has 3 N–H and O–H groups in total. The summed E-state index contributed by atoms with van der Waals surface area (Å²) >= 11 is 0. The summed E-state index contributed by atoms with van der Waals surface area (Å²) in [4.78, 5) is 13.5. The number of aliphatic hydroxyl groups is 1. The highest BCUT2D eigenvalue weighted by Crippen LogP contribution is 2.28. The molecule has 0 fully saturated rings. The van der Waals surface area contributed by atoms with Crippen LogP contribution in [0.2, 0.25) is 0 Å². The van der Waals surface area contributed by atoms with Gasteiger partial charge in [-0.2, -0.15) is 0 Å². The molecule has 0 aliphatic rings. The Balaban J connectivity index is 1.44. The van der Waals surface area contributed by atoms with Crippen molar-refractivity contribution >= 4 is 5.91 Å². The van der Waals surface area contributed by atoms with Crippen LogP contribution in [0.5, 0.6) is 0 Å². The molecule has 0 unspecified atom stereocenters. The van der Waals surface area contributed by atoms with E-state index in [9.17, 15) is 9.90 Å². The van der Waals surface area contributed by atoms with E-state index in [1.54, 1.807) is 0 Å². The van der Waals surface area contributed by atoms with Gasteiger partial charge in [-0.1, -0.05) is 136 Å². The summed E-state index contributed by atoms with van der Waals surface area (Å²) in [7, 11) is 0. The number of benzene rings is 4. The molecule has 0 radical (unpaired) electrons. The molecule has 2 atom stereocenters. The highest BCUT2D eigenvalue weighted by molar-refractivity contribution is 5.78. The molecule has 4 rings (SSSR count). The summed E-state index contributed by atoms with van der Waals surface area (Å²) in [5.74, 6) is -0.138. The Hall–Kier alpha value is -3.73. The molecule has 0 heterocycles. The van der Waals surface area contributed by atoms with Crippen molar-refractivity contribution in [3.63, 3.8) is 0 Å². The first-order valence-electron chi connectivity index (χ1n) is 14.2. The average molecular weight is 535 g/mol. The maximum absolute atomic E-state index is 13.5. The van der Waals surface area contributed by atoms with Crippen LogP contribution in [0.1, 0.15) is 60.9 Å². The van der Waals surface area contributed by atoms with E-state index in [1.165, 1.54) is 11.1 Å². The Kier molecular flexibility index (Phi) is 10.3. The molecule has 0 saturated carbocycles. The van der Waals surface area contributed by atoms with Crippen LogP contribution in [-0.4, -0.2) is 29.7 Å². The molecule has 1 amide bonds. The molecule has 0 aromatic heterocycles. The fourth-order valence-corrected chi connectivity index (χ4v) is 5.06. The van der Waals surface area contributed by atoms with Crippen LogP contribution < -0.4 is 10.6 Å². The number of aliphatic hydroxyl groups excluding tert-OH is 1. The van der Waals surface area contributed by atoms with Gasteiger partial charge in [-0.15, -0.1) is 0 Å². The molecule has 0 bridgehead atoms. The van der Waals surface area contributed by atoms with Crippen molar-refractivity contribution in [1.29, 1.82) is 0 Å². The minimum atomic E-state index is -0.748. The van der Waals surface area contributed by atoms with Crippen LogP contribution in [0.25, 0.3) is 0 Å². The van der Waals surface area contributed by atoms with Gasteiger partial charge >= 0.3 is 0 Å². The van der Waals surface area contributed by atoms with Crippen molar-refractivity contribution in [3.8, 4) is 0 Å². The zero-order chi connectivity index (χ0) is 28.4. The zero-order valence-corrected chi connectivity index (χ0v) is 23.9. The summed E-state index contributed by atoms with van der Waals surface area (Å²) < 4.78 is 0. The van der Waals surface area contributed by atoms with Crippen molar-refractivity contribution in [1.82, 2.24) is 10.6 Å². The van der Waals surface area contributed by atoms with Gasteiger partial charge in [-0.3, -0.25) is 4.79 Å². The third-order valence-corrected chi connectivity index (χ3v) is 7.38. The summed E-state index contributed by atoms with van der Waals surface area (Å²) in [5, 5.41) is 17.9. The Morgan fingerprint density at radius 2 is 1.30 bits per heavy atom. The van der Waals surface area contributed by atoms with Gasteiger partial charge in [0, 0.05) is 25.4 Å².